The lowest BCUT2D eigenvalue weighted by atomic mass is 10.1. The quantitative estimate of drug-likeness (QED) is 0.650. The molecule has 0 fully saturated rings. The van der Waals surface area contributed by atoms with Gasteiger partial charge in [0, 0.05) is 23.5 Å². The van der Waals surface area contributed by atoms with Crippen LogP contribution in [0, 0.1) is 19.7 Å². The Bertz CT molecular complexity index is 1060. The van der Waals surface area contributed by atoms with Crippen molar-refractivity contribution in [2.24, 2.45) is 0 Å². The average Bonchev–Trinajstić information content (AvgIpc) is 3.02. The van der Waals surface area contributed by atoms with Gasteiger partial charge in [0.05, 0.1) is 5.02 Å². The molecule has 0 aliphatic rings. The lowest BCUT2D eigenvalue weighted by Crippen LogP contribution is -2.14. The molecule has 2 aromatic heterocycles. The number of carbonyl (C=O) groups is 1. The van der Waals surface area contributed by atoms with Crippen LogP contribution in [0.2, 0.25) is 5.02 Å². The van der Waals surface area contributed by atoms with Gasteiger partial charge < -0.3 is 5.32 Å². The van der Waals surface area contributed by atoms with Crippen molar-refractivity contribution < 1.29 is 22.4 Å². The number of benzene rings is 1. The highest BCUT2D eigenvalue weighted by atomic mass is 35.5. The van der Waals surface area contributed by atoms with E-state index in [0.717, 1.165) is 10.6 Å². The highest BCUT2D eigenvalue weighted by molar-refractivity contribution is 6.31. The first kappa shape index (κ1) is 20.0. The number of nitrogens with zero attached hydrogens (tertiary/aromatic N) is 4. The molecule has 11 heteroatoms. The second-order valence-corrected chi connectivity index (χ2v) is 6.49. The van der Waals surface area contributed by atoms with Gasteiger partial charge in [0.2, 0.25) is 5.91 Å². The van der Waals surface area contributed by atoms with Crippen LogP contribution < -0.4 is 5.32 Å². The number of nitrogens with one attached hydrogen (secondary N) is 1. The Morgan fingerprint density at radius 3 is 2.61 bits per heavy atom. The molecule has 0 aliphatic heterocycles. The molecule has 0 spiro atoms. The average molecular weight is 416 g/mol. The topological polar surface area (TPSA) is 72.2 Å². The Morgan fingerprint density at radius 1 is 1.25 bits per heavy atom. The monoisotopic (exact) mass is 415 g/mol. The van der Waals surface area contributed by atoms with Gasteiger partial charge in [0.1, 0.15) is 5.82 Å². The molecule has 1 N–H and O–H groups in total. The van der Waals surface area contributed by atoms with Gasteiger partial charge in [0.15, 0.2) is 0 Å². The zero-order chi connectivity index (χ0) is 20.6. The van der Waals surface area contributed by atoms with E-state index >= 15 is 0 Å². The molecule has 0 saturated heterocycles. The van der Waals surface area contributed by atoms with Gasteiger partial charge in [-0.1, -0.05) is 11.6 Å². The first-order valence-electron chi connectivity index (χ1n) is 8.11. The Hall–Kier alpha value is -2.75. The summed E-state index contributed by atoms with van der Waals surface area (Å²) in [5.41, 5.74) is 1.81. The number of anilines is 1. The molecule has 28 heavy (non-hydrogen) atoms. The molecule has 0 atom stereocenters. The van der Waals surface area contributed by atoms with E-state index in [1.165, 1.54) is 12.1 Å². The largest absolute Gasteiger partial charge is 0.453 e. The maximum absolute atomic E-state index is 13.2. The van der Waals surface area contributed by atoms with Crippen molar-refractivity contribution in [3.05, 3.63) is 51.8 Å². The van der Waals surface area contributed by atoms with E-state index in [4.69, 9.17) is 11.6 Å². The fourth-order valence-corrected chi connectivity index (χ4v) is 2.91. The molecule has 6 nitrogen and oxygen atoms in total. The van der Waals surface area contributed by atoms with Crippen molar-refractivity contribution >= 4 is 29.0 Å². The minimum absolute atomic E-state index is 0.0324. The smallest absolute Gasteiger partial charge is 0.326 e. The number of hydrogen-bond acceptors (Lipinski definition) is 4. The minimum atomic E-state index is -4.68. The van der Waals surface area contributed by atoms with Crippen LogP contribution in [0.25, 0.3) is 5.78 Å². The highest BCUT2D eigenvalue weighted by Gasteiger charge is 2.36. The third kappa shape index (κ3) is 4.06. The van der Waals surface area contributed by atoms with Crippen LogP contribution in [0.15, 0.2) is 18.2 Å². The molecule has 1 amide bonds. The summed E-state index contributed by atoms with van der Waals surface area (Å²) in [4.78, 5) is 19.6. The van der Waals surface area contributed by atoms with E-state index in [9.17, 15) is 22.4 Å². The fourth-order valence-electron chi connectivity index (χ4n) is 2.73. The standard InChI is InChI=1S/C17H14ClF4N5O/c1-8-11(4-6-14(28)24-10-3-5-13(19)12(18)7-10)9(2)27-16(23-8)25-15(26-27)17(20,21)22/h3,5,7H,4,6H2,1-2H3,(H,24,28). The van der Waals surface area contributed by atoms with Crippen molar-refractivity contribution in [1.82, 2.24) is 19.6 Å². The summed E-state index contributed by atoms with van der Waals surface area (Å²) < 4.78 is 52.6. The molecular weight excluding hydrogens is 402 g/mol. The van der Waals surface area contributed by atoms with Gasteiger partial charge >= 0.3 is 6.18 Å². The maximum Gasteiger partial charge on any atom is 0.453 e. The van der Waals surface area contributed by atoms with Crippen molar-refractivity contribution in [2.75, 3.05) is 5.32 Å². The van der Waals surface area contributed by atoms with E-state index in [0.29, 0.717) is 22.6 Å². The van der Waals surface area contributed by atoms with Gasteiger partial charge in [0.25, 0.3) is 11.6 Å². The van der Waals surface area contributed by atoms with Gasteiger partial charge in [-0.15, -0.1) is 5.10 Å². The maximum atomic E-state index is 13.2. The number of amides is 1. The molecule has 1 aromatic carbocycles. The second kappa shape index (κ2) is 7.34. The predicted molar refractivity (Wildman–Crippen MR) is 93.6 cm³/mol. The van der Waals surface area contributed by atoms with E-state index in [1.54, 1.807) is 13.8 Å². The first-order valence-corrected chi connectivity index (χ1v) is 8.49. The number of halogens is 5. The van der Waals surface area contributed by atoms with Gasteiger partial charge in [-0.25, -0.2) is 13.9 Å². The molecule has 3 aromatic rings. The number of hydrogen-bond donors (Lipinski definition) is 1. The van der Waals surface area contributed by atoms with Crippen LogP contribution >= 0.6 is 11.6 Å². The molecule has 148 valence electrons. The predicted octanol–water partition coefficient (Wildman–Crippen LogP) is 4.12. The summed E-state index contributed by atoms with van der Waals surface area (Å²) in [5.74, 6) is -2.39. The Kier molecular flexibility index (Phi) is 5.24. The molecule has 3 rings (SSSR count). The summed E-state index contributed by atoms with van der Waals surface area (Å²) in [6.07, 6.45) is -4.42. The van der Waals surface area contributed by atoms with Gasteiger partial charge in [-0.2, -0.15) is 18.2 Å². The first-order chi connectivity index (χ1) is 13.1. The number of rotatable bonds is 4. The molecule has 0 bridgehead atoms. The Labute approximate surface area is 161 Å². The summed E-state index contributed by atoms with van der Waals surface area (Å²) in [5, 5.41) is 5.93. The zero-order valence-corrected chi connectivity index (χ0v) is 15.5. The summed E-state index contributed by atoms with van der Waals surface area (Å²) >= 11 is 5.67. The van der Waals surface area contributed by atoms with E-state index in [-0.39, 0.29) is 29.5 Å². The summed E-state index contributed by atoms with van der Waals surface area (Å²) in [6, 6.07) is 3.79. The zero-order valence-electron chi connectivity index (χ0n) is 14.7. The summed E-state index contributed by atoms with van der Waals surface area (Å²) in [7, 11) is 0. The molecule has 2 heterocycles. The van der Waals surface area contributed by atoms with Gasteiger partial charge in [-0.05, 0) is 44.0 Å². The van der Waals surface area contributed by atoms with Crippen LogP contribution in [-0.2, 0) is 17.4 Å². The SMILES string of the molecule is Cc1nc2nc(C(F)(F)F)nn2c(C)c1CCC(=O)Nc1ccc(F)c(Cl)c1. The normalized spacial score (nSPS) is 11.8. The Balaban J connectivity index is 1.78. The Morgan fingerprint density at radius 2 is 1.96 bits per heavy atom. The molecule has 0 aliphatic carbocycles. The van der Waals surface area contributed by atoms with E-state index < -0.39 is 17.8 Å². The van der Waals surface area contributed by atoms with Crippen LogP contribution in [-0.4, -0.2) is 25.5 Å². The van der Waals surface area contributed by atoms with Crippen LogP contribution in [0.1, 0.15) is 29.2 Å². The van der Waals surface area contributed by atoms with Crippen LogP contribution in [0.5, 0.6) is 0 Å². The minimum Gasteiger partial charge on any atom is -0.326 e. The number of aryl methyl sites for hydroxylation is 2. The van der Waals surface area contributed by atoms with E-state index in [2.05, 4.69) is 20.4 Å². The number of fused-ring (bicyclic) bond motifs is 1. The number of aromatic nitrogens is 4. The lowest BCUT2D eigenvalue weighted by molar-refractivity contribution is -0.144. The molecule has 0 saturated carbocycles. The third-order valence-electron chi connectivity index (χ3n) is 4.11. The van der Waals surface area contributed by atoms with E-state index in [1.807, 2.05) is 0 Å². The fraction of sp³-hybridized carbons (Fsp3) is 0.294. The highest BCUT2D eigenvalue weighted by Crippen LogP contribution is 2.27. The van der Waals surface area contributed by atoms with Crippen LogP contribution in [0.3, 0.4) is 0 Å². The number of carbonyl (C=O) groups excluding carboxylic acids is 1. The number of alkyl halides is 3. The second-order valence-electron chi connectivity index (χ2n) is 6.08. The van der Waals surface area contributed by atoms with Crippen molar-refractivity contribution in [3.8, 4) is 0 Å². The molecule has 0 radical (unpaired) electrons. The molecule has 0 unspecified atom stereocenters. The van der Waals surface area contributed by atoms with Crippen molar-refractivity contribution in [3.63, 3.8) is 0 Å². The van der Waals surface area contributed by atoms with Crippen LogP contribution in [0.4, 0.5) is 23.2 Å². The van der Waals surface area contributed by atoms with Crippen molar-refractivity contribution in [1.29, 1.82) is 0 Å². The molecular formula is C17H14ClF4N5O. The summed E-state index contributed by atoms with van der Waals surface area (Å²) in [6.45, 7) is 3.21. The third-order valence-corrected chi connectivity index (χ3v) is 4.40. The van der Waals surface area contributed by atoms with Crippen molar-refractivity contribution in [2.45, 2.75) is 32.9 Å². The lowest BCUT2D eigenvalue weighted by Gasteiger charge is -2.11. The van der Waals surface area contributed by atoms with Gasteiger partial charge in [-0.3, -0.25) is 4.79 Å².